The second kappa shape index (κ2) is 19.1. The van der Waals surface area contributed by atoms with E-state index in [2.05, 4.69) is 16.0 Å². The van der Waals surface area contributed by atoms with Crippen LogP contribution in [0.15, 0.2) is 0 Å². The van der Waals surface area contributed by atoms with Crippen molar-refractivity contribution in [2.45, 2.75) is 104 Å². The molecule has 0 fully saturated rings. The van der Waals surface area contributed by atoms with Crippen molar-refractivity contribution in [3.63, 3.8) is 0 Å². The van der Waals surface area contributed by atoms with E-state index in [1.54, 1.807) is 13.8 Å². The molecule has 15 heteroatoms. The molecule has 0 radical (unpaired) electrons. The molecule has 5 atom stereocenters. The molecule has 15 nitrogen and oxygen atoms in total. The Morgan fingerprint density at radius 3 is 1.49 bits per heavy atom. The molecule has 3 amide bonds. The van der Waals surface area contributed by atoms with Crippen molar-refractivity contribution in [3.05, 3.63) is 0 Å². The van der Waals surface area contributed by atoms with Crippen LogP contribution in [0, 0.1) is 17.8 Å². The van der Waals surface area contributed by atoms with Crippen LogP contribution < -0.4 is 16.0 Å². The number of nitrogens with one attached hydrogen (secondary N) is 3. The average Bonchev–Trinajstić information content (AvgIpc) is 2.89. The SMILES string of the molecule is CC(=O)[C@H](CCC(=O)O)NC(=O)[C@H](CCC(=O)O)CC(=O)[C@H](CCC(=O)O)NC(=O)[C@H](C)CC(=O)[C@H](C)NC(=O)C(C)C. The van der Waals surface area contributed by atoms with Crippen LogP contribution in [-0.2, 0) is 43.2 Å². The third kappa shape index (κ3) is 16.2. The van der Waals surface area contributed by atoms with Crippen molar-refractivity contribution in [2.75, 3.05) is 0 Å². The number of carboxylic acid groups (broad SMARTS) is 3. The standard InChI is InChI=1S/C28H43N3O12/c1-14(2)26(41)29-16(4)21(33)12-15(3)27(42)31-20(8-11-25(39)40)22(34)13-18(6-9-23(35)36)28(43)30-19(17(5)32)7-10-24(37)38/h14-16,18-20H,6-13H2,1-5H3,(H,29,41)(H,30,43)(H,31,42)(H,35,36)(H,37,38)(H,39,40)/t15-,16+,18-,19+,20+/m1/s1. The molecule has 0 saturated heterocycles. The van der Waals surface area contributed by atoms with Crippen LogP contribution in [-0.4, -0.2) is 86.4 Å². The normalized spacial score (nSPS) is 14.4. The molecule has 6 N–H and O–H groups in total. The minimum atomic E-state index is -1.39. The van der Waals surface area contributed by atoms with E-state index in [1.165, 1.54) is 13.8 Å². The Hall–Kier alpha value is -4.17. The van der Waals surface area contributed by atoms with Gasteiger partial charge in [-0.2, -0.15) is 0 Å². The van der Waals surface area contributed by atoms with Gasteiger partial charge in [-0.25, -0.2) is 0 Å². The number of carboxylic acids is 3. The van der Waals surface area contributed by atoms with Gasteiger partial charge in [-0.3, -0.25) is 43.2 Å². The molecule has 0 aromatic heterocycles. The first-order valence-corrected chi connectivity index (χ1v) is 14.0. The second-order valence-corrected chi connectivity index (χ2v) is 10.9. The van der Waals surface area contributed by atoms with Crippen LogP contribution in [0.5, 0.6) is 0 Å². The summed E-state index contributed by atoms with van der Waals surface area (Å²) in [5.74, 6) is -10.1. The predicted octanol–water partition coefficient (Wildman–Crippen LogP) is 0.471. The maximum absolute atomic E-state index is 13.2. The molecule has 0 aromatic carbocycles. The molecule has 0 aromatic rings. The summed E-state index contributed by atoms with van der Waals surface area (Å²) < 4.78 is 0. The zero-order chi connectivity index (χ0) is 33.4. The average molecular weight is 614 g/mol. The summed E-state index contributed by atoms with van der Waals surface area (Å²) in [5, 5.41) is 34.4. The lowest BCUT2D eigenvalue weighted by atomic mass is 9.90. The fourth-order valence-electron chi connectivity index (χ4n) is 3.87. The number of Topliss-reactive ketones (excluding diaryl/α,β-unsaturated/α-hetero) is 3. The Morgan fingerprint density at radius 2 is 1.02 bits per heavy atom. The topological polar surface area (TPSA) is 250 Å². The molecule has 0 bridgehead atoms. The van der Waals surface area contributed by atoms with Gasteiger partial charge in [0, 0.05) is 49.9 Å². The highest BCUT2D eigenvalue weighted by molar-refractivity contribution is 5.96. The minimum absolute atomic E-state index is 0.232. The number of rotatable bonds is 22. The van der Waals surface area contributed by atoms with Crippen molar-refractivity contribution in [1.29, 1.82) is 0 Å². The summed E-state index contributed by atoms with van der Waals surface area (Å²) in [6.07, 6.45) is -3.32. The van der Waals surface area contributed by atoms with E-state index in [1.807, 2.05) is 0 Å². The molecule has 0 aliphatic rings. The molecular weight excluding hydrogens is 570 g/mol. The first-order chi connectivity index (χ1) is 19.8. The van der Waals surface area contributed by atoms with Crippen LogP contribution in [0.2, 0.25) is 0 Å². The van der Waals surface area contributed by atoms with Gasteiger partial charge in [-0.15, -0.1) is 0 Å². The Balaban J connectivity index is 5.72. The van der Waals surface area contributed by atoms with Crippen LogP contribution in [0.25, 0.3) is 0 Å². The van der Waals surface area contributed by atoms with Crippen LogP contribution in [0.1, 0.15) is 86.0 Å². The summed E-state index contributed by atoms with van der Waals surface area (Å²) in [6.45, 7) is 7.30. The summed E-state index contributed by atoms with van der Waals surface area (Å²) in [6, 6.07) is -3.47. The first kappa shape index (κ1) is 38.8. The first-order valence-electron chi connectivity index (χ1n) is 14.0. The minimum Gasteiger partial charge on any atom is -0.481 e. The number of hydrogen-bond donors (Lipinski definition) is 6. The third-order valence-electron chi connectivity index (χ3n) is 6.65. The number of carbonyl (C=O) groups excluding carboxylic acids is 6. The Bertz CT molecular complexity index is 1070. The molecule has 0 unspecified atom stereocenters. The molecule has 43 heavy (non-hydrogen) atoms. The summed E-state index contributed by atoms with van der Waals surface area (Å²) >= 11 is 0. The zero-order valence-electron chi connectivity index (χ0n) is 25.1. The van der Waals surface area contributed by atoms with E-state index in [-0.39, 0.29) is 37.5 Å². The highest BCUT2D eigenvalue weighted by Gasteiger charge is 2.32. The maximum atomic E-state index is 13.2. The highest BCUT2D eigenvalue weighted by atomic mass is 16.4. The molecule has 0 saturated carbocycles. The van der Waals surface area contributed by atoms with Gasteiger partial charge in [0.2, 0.25) is 17.7 Å². The van der Waals surface area contributed by atoms with E-state index in [9.17, 15) is 43.2 Å². The summed E-state index contributed by atoms with van der Waals surface area (Å²) in [5.41, 5.74) is 0. The van der Waals surface area contributed by atoms with Gasteiger partial charge >= 0.3 is 17.9 Å². The molecule has 0 aliphatic heterocycles. The Morgan fingerprint density at radius 1 is 0.558 bits per heavy atom. The van der Waals surface area contributed by atoms with Gasteiger partial charge < -0.3 is 31.3 Å². The molecule has 242 valence electrons. The van der Waals surface area contributed by atoms with Crippen molar-refractivity contribution in [2.24, 2.45) is 17.8 Å². The number of carbonyl (C=O) groups is 9. The molecule has 0 spiro atoms. The number of aliphatic carboxylic acids is 3. The molecule has 0 aliphatic carbocycles. The van der Waals surface area contributed by atoms with E-state index < -0.39 is 103 Å². The van der Waals surface area contributed by atoms with Gasteiger partial charge in [0.15, 0.2) is 17.3 Å². The van der Waals surface area contributed by atoms with E-state index in [0.29, 0.717) is 0 Å². The molecule has 0 heterocycles. The van der Waals surface area contributed by atoms with Gasteiger partial charge in [0.05, 0.1) is 18.1 Å². The largest absolute Gasteiger partial charge is 0.481 e. The van der Waals surface area contributed by atoms with Gasteiger partial charge in [0.1, 0.15) is 0 Å². The van der Waals surface area contributed by atoms with E-state index >= 15 is 0 Å². The maximum Gasteiger partial charge on any atom is 0.303 e. The lowest BCUT2D eigenvalue weighted by molar-refractivity contribution is -0.140. The van der Waals surface area contributed by atoms with E-state index in [4.69, 9.17) is 15.3 Å². The predicted molar refractivity (Wildman–Crippen MR) is 149 cm³/mol. The van der Waals surface area contributed by atoms with Crippen molar-refractivity contribution < 1.29 is 58.5 Å². The van der Waals surface area contributed by atoms with Crippen molar-refractivity contribution >= 4 is 53.0 Å². The lowest BCUT2D eigenvalue weighted by Gasteiger charge is -2.24. The smallest absolute Gasteiger partial charge is 0.303 e. The highest BCUT2D eigenvalue weighted by Crippen LogP contribution is 2.17. The quantitative estimate of drug-likeness (QED) is 0.0975. The van der Waals surface area contributed by atoms with Crippen LogP contribution in [0.4, 0.5) is 0 Å². The fraction of sp³-hybridized carbons (Fsp3) is 0.679. The monoisotopic (exact) mass is 613 g/mol. The van der Waals surface area contributed by atoms with Gasteiger partial charge in [-0.1, -0.05) is 20.8 Å². The van der Waals surface area contributed by atoms with Crippen molar-refractivity contribution in [3.8, 4) is 0 Å². The molecular formula is C28H43N3O12. The number of hydrogen-bond acceptors (Lipinski definition) is 9. The van der Waals surface area contributed by atoms with Crippen molar-refractivity contribution in [1.82, 2.24) is 16.0 Å². The Labute approximate surface area is 249 Å². The van der Waals surface area contributed by atoms with Crippen LogP contribution >= 0.6 is 0 Å². The third-order valence-corrected chi connectivity index (χ3v) is 6.65. The molecule has 0 rings (SSSR count). The number of ketones is 3. The lowest BCUT2D eigenvalue weighted by Crippen LogP contribution is -2.47. The second-order valence-electron chi connectivity index (χ2n) is 10.9. The van der Waals surface area contributed by atoms with E-state index in [0.717, 1.165) is 6.92 Å². The van der Waals surface area contributed by atoms with Gasteiger partial charge in [-0.05, 0) is 33.1 Å². The summed E-state index contributed by atoms with van der Waals surface area (Å²) in [4.78, 5) is 109. The van der Waals surface area contributed by atoms with Gasteiger partial charge in [0.25, 0.3) is 0 Å². The zero-order valence-corrected chi connectivity index (χ0v) is 25.1. The number of amides is 3. The fourth-order valence-corrected chi connectivity index (χ4v) is 3.87. The Kier molecular flexibility index (Phi) is 17.2. The summed E-state index contributed by atoms with van der Waals surface area (Å²) in [7, 11) is 0. The van der Waals surface area contributed by atoms with Crippen LogP contribution in [0.3, 0.4) is 0 Å².